The molecule has 1 aliphatic rings. The Morgan fingerprint density at radius 1 is 1.02 bits per heavy atom. The minimum Gasteiger partial charge on any atom is -0.493 e. The van der Waals surface area contributed by atoms with Crippen molar-refractivity contribution >= 4 is 37.4 Å². The highest BCUT2D eigenvalue weighted by atomic mass is 32.3. The quantitative estimate of drug-likeness (QED) is 0.188. The number of piperazine rings is 1. The highest BCUT2D eigenvalue weighted by Gasteiger charge is 2.30. The zero-order valence-electron chi connectivity index (χ0n) is 25.9. The van der Waals surface area contributed by atoms with Gasteiger partial charge in [0, 0.05) is 52.4 Å². The lowest BCUT2D eigenvalue weighted by Gasteiger charge is -2.33. The molecule has 0 saturated carbocycles. The minimum absolute atomic E-state index is 0.113. The number of ether oxygens (including phenoxy) is 2. The van der Waals surface area contributed by atoms with Crippen molar-refractivity contribution in [1.29, 1.82) is 0 Å². The third kappa shape index (κ3) is 9.82. The van der Waals surface area contributed by atoms with Gasteiger partial charge in [-0.25, -0.2) is 13.4 Å². The molecule has 4 rings (SSSR count). The van der Waals surface area contributed by atoms with E-state index in [2.05, 4.69) is 16.8 Å². The van der Waals surface area contributed by atoms with E-state index in [4.69, 9.17) is 32.0 Å². The number of benzene rings is 1. The largest absolute Gasteiger partial charge is 0.493 e. The summed E-state index contributed by atoms with van der Waals surface area (Å²) in [5.41, 5.74) is 2.28. The topological polar surface area (TPSA) is 201 Å². The average molecular weight is 672 g/mol. The van der Waals surface area contributed by atoms with E-state index in [-0.39, 0.29) is 28.9 Å². The number of nitrogens with one attached hydrogen (secondary N) is 1. The monoisotopic (exact) mass is 671 g/mol. The molecule has 250 valence electrons. The van der Waals surface area contributed by atoms with Crippen LogP contribution in [0.15, 0.2) is 34.1 Å². The summed E-state index contributed by atoms with van der Waals surface area (Å²) in [6.07, 6.45) is 4.42. The summed E-state index contributed by atoms with van der Waals surface area (Å²) < 4.78 is 73.2. The van der Waals surface area contributed by atoms with Gasteiger partial charge in [-0.3, -0.25) is 23.6 Å². The Hall–Kier alpha value is -3.35. The zero-order valence-corrected chi connectivity index (χ0v) is 27.5. The molecule has 3 N–H and O–H groups in total. The first-order valence-electron chi connectivity index (χ1n) is 14.6. The zero-order chi connectivity index (χ0) is 33.4. The van der Waals surface area contributed by atoms with Crippen LogP contribution in [0.25, 0.3) is 22.4 Å². The maximum absolute atomic E-state index is 13.7. The Labute approximate surface area is 262 Å². The van der Waals surface area contributed by atoms with E-state index in [0.717, 1.165) is 24.8 Å². The predicted molar refractivity (Wildman–Crippen MR) is 167 cm³/mol. The molecule has 2 aromatic heterocycles. The van der Waals surface area contributed by atoms with Crippen LogP contribution in [0.1, 0.15) is 46.1 Å². The molecule has 0 spiro atoms. The van der Waals surface area contributed by atoms with Gasteiger partial charge in [-0.15, -0.1) is 0 Å². The second-order valence-electron chi connectivity index (χ2n) is 10.3. The number of fused-ring (bicyclic) bond motifs is 1. The molecule has 0 amide bonds. The number of hydrogen-bond acceptors (Lipinski definition) is 10. The number of hydrogen-bond donors (Lipinski definition) is 3. The van der Waals surface area contributed by atoms with Crippen LogP contribution >= 0.6 is 0 Å². The van der Waals surface area contributed by atoms with E-state index >= 15 is 0 Å². The van der Waals surface area contributed by atoms with Crippen LogP contribution in [0.4, 0.5) is 0 Å². The fourth-order valence-electron chi connectivity index (χ4n) is 4.95. The van der Waals surface area contributed by atoms with E-state index in [1.165, 1.54) is 11.2 Å². The van der Waals surface area contributed by atoms with Crippen molar-refractivity contribution in [1.82, 2.24) is 23.7 Å². The molecule has 1 fully saturated rings. The molecule has 0 bridgehead atoms. The number of sulfonamides is 1. The van der Waals surface area contributed by atoms with Crippen molar-refractivity contribution in [3.8, 4) is 17.1 Å². The summed E-state index contributed by atoms with van der Waals surface area (Å²) in [4.78, 5) is 34.2. The number of aromatic nitrogens is 3. The summed E-state index contributed by atoms with van der Waals surface area (Å²) in [5, 5.41) is 0. The molecular weight excluding hydrogens is 630 g/mol. The molecule has 0 atom stereocenters. The summed E-state index contributed by atoms with van der Waals surface area (Å²) in [6, 6.07) is 4.74. The molecule has 0 unspecified atom stereocenters. The van der Waals surface area contributed by atoms with Gasteiger partial charge in [-0.2, -0.15) is 12.7 Å². The van der Waals surface area contributed by atoms with Gasteiger partial charge in [0.25, 0.3) is 5.56 Å². The number of aryl methyl sites for hydroxylation is 2. The number of H-pyrrole nitrogens is 1. The van der Waals surface area contributed by atoms with Crippen molar-refractivity contribution in [3.63, 3.8) is 0 Å². The van der Waals surface area contributed by atoms with E-state index in [0.29, 0.717) is 68.2 Å². The maximum atomic E-state index is 13.7. The number of nitrogens with zero attached hydrogens (tertiary/aromatic N) is 4. The van der Waals surface area contributed by atoms with Gasteiger partial charge >= 0.3 is 16.4 Å². The van der Waals surface area contributed by atoms with Crippen LogP contribution in [0.5, 0.6) is 5.75 Å². The smallest absolute Gasteiger partial charge is 0.394 e. The van der Waals surface area contributed by atoms with Crippen LogP contribution in [0, 0.1) is 0 Å². The Kier molecular flexibility index (Phi) is 12.7. The molecule has 0 radical (unpaired) electrons. The normalized spacial score (nSPS) is 14.6. The molecule has 1 saturated heterocycles. The maximum Gasteiger partial charge on any atom is 0.394 e. The predicted octanol–water partition coefficient (Wildman–Crippen LogP) is 2.37. The van der Waals surface area contributed by atoms with Gasteiger partial charge in [-0.1, -0.05) is 20.3 Å². The third-order valence-electron chi connectivity index (χ3n) is 7.01. The summed E-state index contributed by atoms with van der Waals surface area (Å²) in [5.74, 6) is 0.413. The first-order chi connectivity index (χ1) is 21.2. The minimum atomic E-state index is -4.67. The van der Waals surface area contributed by atoms with Crippen molar-refractivity contribution in [2.24, 2.45) is 0 Å². The van der Waals surface area contributed by atoms with Gasteiger partial charge in [0.15, 0.2) is 0 Å². The van der Waals surface area contributed by atoms with Crippen LogP contribution in [-0.2, 0) is 42.9 Å². The lowest BCUT2D eigenvalue weighted by atomic mass is 10.1. The van der Waals surface area contributed by atoms with Crippen molar-refractivity contribution < 1.29 is 40.2 Å². The number of esters is 1. The molecule has 45 heavy (non-hydrogen) atoms. The van der Waals surface area contributed by atoms with Gasteiger partial charge < -0.3 is 19.0 Å². The molecule has 1 aromatic carbocycles. The highest BCUT2D eigenvalue weighted by Crippen LogP contribution is 2.33. The molecule has 3 heterocycles. The van der Waals surface area contributed by atoms with Gasteiger partial charge in [0.05, 0.1) is 22.6 Å². The fraction of sp³-hybridized carbons (Fsp3) is 0.536. The summed E-state index contributed by atoms with van der Waals surface area (Å²) in [6.45, 7) is 11.0. The Bertz CT molecular complexity index is 1740. The Morgan fingerprint density at radius 3 is 2.27 bits per heavy atom. The Balaban J connectivity index is 0.00000102. The van der Waals surface area contributed by atoms with Crippen molar-refractivity contribution in [2.75, 3.05) is 45.9 Å². The Morgan fingerprint density at radius 2 is 1.69 bits per heavy atom. The molecule has 3 aromatic rings. The number of carbonyl (C=O) groups is 1. The lowest BCUT2D eigenvalue weighted by molar-refractivity contribution is -0.141. The van der Waals surface area contributed by atoms with E-state index in [1.807, 2.05) is 24.6 Å². The van der Waals surface area contributed by atoms with Gasteiger partial charge in [0.2, 0.25) is 10.0 Å². The van der Waals surface area contributed by atoms with Crippen LogP contribution in [0.3, 0.4) is 0 Å². The van der Waals surface area contributed by atoms with E-state index in [1.54, 1.807) is 18.2 Å². The molecule has 17 heteroatoms. The summed E-state index contributed by atoms with van der Waals surface area (Å²) >= 11 is 0. The number of rotatable bonds is 12. The van der Waals surface area contributed by atoms with Crippen LogP contribution in [-0.4, -0.2) is 102 Å². The fourth-order valence-corrected chi connectivity index (χ4v) is 6.40. The molecule has 0 aliphatic carbocycles. The molecule has 1 aliphatic heterocycles. The summed E-state index contributed by atoms with van der Waals surface area (Å²) in [7, 11) is -8.48. The molecular formula is C28H41N5O10S2. The first-order valence-corrected chi connectivity index (χ1v) is 17.5. The molecule has 15 nitrogen and oxygen atoms in total. The van der Waals surface area contributed by atoms with Crippen LogP contribution in [0.2, 0.25) is 0 Å². The average Bonchev–Trinajstić information content (AvgIpc) is 3.33. The van der Waals surface area contributed by atoms with Crippen LogP contribution < -0.4 is 10.3 Å². The van der Waals surface area contributed by atoms with Gasteiger partial charge in [-0.05, 0) is 43.5 Å². The lowest BCUT2D eigenvalue weighted by Crippen LogP contribution is -2.49. The standard InChI is InChI=1S/C28H39N5O6S.H2O4S/c1-5-8-21-19-32(7-3)26-25(21)29-27(30-28(26)35)23-18-22(9-10-24(23)39-16-6-2)40(36,37)33-13-11-31(12-14-33)15-17-38-20(4)34;1-5(2,3)4/h9-10,18-19H,5-8,11-17H2,1-4H3,(H,29,30,35);(H2,1,2,3,4). The SMILES string of the molecule is CCCOc1ccc(S(=O)(=O)N2CCN(CCOC(C)=O)CC2)cc1-c1nc2c(CCC)cn(CC)c2c(=O)[nH]1.O=S(=O)(O)O. The number of carbonyl (C=O) groups excluding carboxylic acids is 1. The van der Waals surface area contributed by atoms with Crippen molar-refractivity contribution in [3.05, 3.63) is 40.3 Å². The third-order valence-corrected chi connectivity index (χ3v) is 8.90. The number of aromatic amines is 1. The van der Waals surface area contributed by atoms with Crippen molar-refractivity contribution in [2.45, 2.75) is 58.4 Å². The second-order valence-corrected chi connectivity index (χ2v) is 13.2. The highest BCUT2D eigenvalue weighted by molar-refractivity contribution is 7.89. The van der Waals surface area contributed by atoms with E-state index in [9.17, 15) is 18.0 Å². The van der Waals surface area contributed by atoms with Gasteiger partial charge in [0.1, 0.15) is 23.7 Å². The second kappa shape index (κ2) is 15.8. The van der Waals surface area contributed by atoms with E-state index < -0.39 is 20.4 Å². The first kappa shape index (κ1) is 36.1.